The van der Waals surface area contributed by atoms with Gasteiger partial charge in [-0.15, -0.1) is 0 Å². The van der Waals surface area contributed by atoms with Crippen LogP contribution >= 0.6 is 23.2 Å². The van der Waals surface area contributed by atoms with Crippen LogP contribution in [0.3, 0.4) is 0 Å². The van der Waals surface area contributed by atoms with Gasteiger partial charge in [-0.3, -0.25) is 4.79 Å². The van der Waals surface area contributed by atoms with Crippen molar-refractivity contribution in [3.05, 3.63) is 82.6 Å². The lowest BCUT2D eigenvalue weighted by Gasteiger charge is -2.09. The second kappa shape index (κ2) is 8.15. The van der Waals surface area contributed by atoms with Crippen molar-refractivity contribution in [3.63, 3.8) is 0 Å². The fourth-order valence-corrected chi connectivity index (χ4v) is 3.37. The Balaban J connectivity index is 1.46. The van der Waals surface area contributed by atoms with Crippen molar-refractivity contribution in [2.45, 2.75) is 6.92 Å². The Hall–Kier alpha value is -3.02. The summed E-state index contributed by atoms with van der Waals surface area (Å²) in [6, 6.07) is 16.4. The van der Waals surface area contributed by atoms with Crippen molar-refractivity contribution >= 4 is 40.4 Å². The first-order chi connectivity index (χ1) is 14.0. The summed E-state index contributed by atoms with van der Waals surface area (Å²) >= 11 is 11.9. The van der Waals surface area contributed by atoms with E-state index in [-0.39, 0.29) is 12.5 Å². The predicted octanol–water partition coefficient (Wildman–Crippen LogP) is 5.63. The average Bonchev–Trinajstić information content (AvgIpc) is 3.11. The van der Waals surface area contributed by atoms with Gasteiger partial charge < -0.3 is 14.5 Å². The number of aryl methyl sites for hydroxylation is 1. The number of halogens is 2. The van der Waals surface area contributed by atoms with E-state index < -0.39 is 0 Å². The van der Waals surface area contributed by atoms with Gasteiger partial charge in [-0.1, -0.05) is 35.3 Å². The van der Waals surface area contributed by atoms with Gasteiger partial charge in [0.2, 0.25) is 0 Å². The Labute approximate surface area is 177 Å². The Bertz CT molecular complexity index is 1200. The number of carbonyl (C=O) groups excluding carboxylic acids is 1. The van der Waals surface area contributed by atoms with Crippen molar-refractivity contribution in [1.82, 2.24) is 9.38 Å². The van der Waals surface area contributed by atoms with Crippen LogP contribution in [-0.2, 0) is 4.79 Å². The summed E-state index contributed by atoms with van der Waals surface area (Å²) in [4.78, 5) is 16.9. The lowest BCUT2D eigenvalue weighted by Crippen LogP contribution is -2.20. The van der Waals surface area contributed by atoms with Gasteiger partial charge in [-0.25, -0.2) is 4.98 Å². The molecule has 146 valence electrons. The highest BCUT2D eigenvalue weighted by molar-refractivity contribution is 6.35. The van der Waals surface area contributed by atoms with E-state index in [0.717, 1.165) is 22.5 Å². The maximum atomic E-state index is 12.3. The molecule has 2 aromatic carbocycles. The standard InChI is InChI=1S/C22H17Cl2N3O2/c1-14-7-8-27-12-19(26-21(27)9-14)15-3-2-4-17(10-15)25-22(28)13-29-20-6-5-16(23)11-18(20)24/h2-12H,13H2,1H3,(H,25,28). The summed E-state index contributed by atoms with van der Waals surface area (Å²) < 4.78 is 7.44. The molecule has 0 bridgehead atoms. The average molecular weight is 426 g/mol. The quantitative estimate of drug-likeness (QED) is 0.450. The van der Waals surface area contributed by atoms with Gasteiger partial charge in [0.25, 0.3) is 5.91 Å². The molecule has 0 radical (unpaired) electrons. The number of amides is 1. The Morgan fingerprint density at radius 1 is 1.14 bits per heavy atom. The molecule has 4 aromatic rings. The minimum atomic E-state index is -0.293. The molecule has 0 atom stereocenters. The molecule has 0 saturated carbocycles. The van der Waals surface area contributed by atoms with Crippen LogP contribution in [-0.4, -0.2) is 21.9 Å². The summed E-state index contributed by atoms with van der Waals surface area (Å²) in [6.07, 6.45) is 3.94. The molecule has 0 fully saturated rings. The second-order valence-electron chi connectivity index (χ2n) is 6.59. The smallest absolute Gasteiger partial charge is 0.262 e. The number of nitrogens with zero attached hydrogens (tertiary/aromatic N) is 2. The first-order valence-electron chi connectivity index (χ1n) is 8.91. The number of benzene rings is 2. The van der Waals surface area contributed by atoms with Gasteiger partial charge in [0, 0.05) is 28.7 Å². The van der Waals surface area contributed by atoms with Gasteiger partial charge in [0.05, 0.1) is 10.7 Å². The summed E-state index contributed by atoms with van der Waals surface area (Å²) in [5.74, 6) is 0.110. The summed E-state index contributed by atoms with van der Waals surface area (Å²) in [5.41, 5.74) is 4.42. The van der Waals surface area contributed by atoms with E-state index in [1.807, 2.05) is 60.1 Å². The van der Waals surface area contributed by atoms with Crippen LogP contribution in [0.4, 0.5) is 5.69 Å². The van der Waals surface area contributed by atoms with Crippen LogP contribution in [0.15, 0.2) is 67.0 Å². The number of imidazole rings is 1. The number of ether oxygens (including phenoxy) is 1. The fraction of sp³-hybridized carbons (Fsp3) is 0.0909. The number of hydrogen-bond donors (Lipinski definition) is 1. The highest BCUT2D eigenvalue weighted by Crippen LogP contribution is 2.27. The molecule has 1 amide bonds. The number of rotatable bonds is 5. The molecule has 2 heterocycles. The minimum Gasteiger partial charge on any atom is -0.482 e. The third kappa shape index (κ3) is 4.53. The molecule has 0 aliphatic heterocycles. The zero-order valence-corrected chi connectivity index (χ0v) is 17.0. The van der Waals surface area contributed by atoms with E-state index in [1.165, 1.54) is 0 Å². The van der Waals surface area contributed by atoms with Gasteiger partial charge >= 0.3 is 0 Å². The first kappa shape index (κ1) is 19.3. The number of aromatic nitrogens is 2. The van der Waals surface area contributed by atoms with E-state index in [4.69, 9.17) is 27.9 Å². The van der Waals surface area contributed by atoms with Crippen molar-refractivity contribution in [1.29, 1.82) is 0 Å². The Morgan fingerprint density at radius 3 is 2.83 bits per heavy atom. The second-order valence-corrected chi connectivity index (χ2v) is 7.43. The van der Waals surface area contributed by atoms with Crippen LogP contribution in [0.25, 0.3) is 16.9 Å². The van der Waals surface area contributed by atoms with E-state index in [0.29, 0.717) is 21.5 Å². The van der Waals surface area contributed by atoms with Crippen molar-refractivity contribution in [3.8, 4) is 17.0 Å². The lowest BCUT2D eigenvalue weighted by molar-refractivity contribution is -0.118. The molecule has 0 aliphatic rings. The maximum absolute atomic E-state index is 12.3. The predicted molar refractivity (Wildman–Crippen MR) is 116 cm³/mol. The molecule has 2 aromatic heterocycles. The largest absolute Gasteiger partial charge is 0.482 e. The number of fused-ring (bicyclic) bond motifs is 1. The number of carbonyl (C=O) groups is 1. The molecule has 1 N–H and O–H groups in total. The molecule has 0 spiro atoms. The van der Waals surface area contributed by atoms with Crippen LogP contribution in [0.2, 0.25) is 10.0 Å². The molecular formula is C22H17Cl2N3O2. The summed E-state index contributed by atoms with van der Waals surface area (Å²) in [6.45, 7) is 1.86. The van der Waals surface area contributed by atoms with Crippen LogP contribution in [0.5, 0.6) is 5.75 Å². The molecule has 7 heteroatoms. The number of hydrogen-bond acceptors (Lipinski definition) is 3. The van der Waals surface area contributed by atoms with E-state index in [1.54, 1.807) is 18.2 Å². The van der Waals surface area contributed by atoms with Crippen molar-refractivity contribution < 1.29 is 9.53 Å². The monoisotopic (exact) mass is 425 g/mol. The Kier molecular flexibility index (Phi) is 5.43. The van der Waals surface area contributed by atoms with Crippen molar-refractivity contribution in [2.24, 2.45) is 0 Å². The Morgan fingerprint density at radius 2 is 2.00 bits per heavy atom. The third-order valence-corrected chi connectivity index (χ3v) is 4.84. The van der Waals surface area contributed by atoms with Crippen molar-refractivity contribution in [2.75, 3.05) is 11.9 Å². The van der Waals surface area contributed by atoms with Gasteiger partial charge in [0.1, 0.15) is 11.4 Å². The van der Waals surface area contributed by atoms with Gasteiger partial charge in [0.15, 0.2) is 6.61 Å². The minimum absolute atomic E-state index is 0.167. The molecule has 5 nitrogen and oxygen atoms in total. The van der Waals surface area contributed by atoms with Gasteiger partial charge in [-0.2, -0.15) is 0 Å². The number of anilines is 1. The fourth-order valence-electron chi connectivity index (χ4n) is 2.91. The molecule has 0 aliphatic carbocycles. The highest BCUT2D eigenvalue weighted by Gasteiger charge is 2.09. The van der Waals surface area contributed by atoms with E-state index in [9.17, 15) is 4.79 Å². The molecule has 0 saturated heterocycles. The summed E-state index contributed by atoms with van der Waals surface area (Å²) in [7, 11) is 0. The van der Waals surface area contributed by atoms with Crippen LogP contribution < -0.4 is 10.1 Å². The van der Waals surface area contributed by atoms with E-state index in [2.05, 4.69) is 10.3 Å². The van der Waals surface area contributed by atoms with E-state index >= 15 is 0 Å². The maximum Gasteiger partial charge on any atom is 0.262 e. The SMILES string of the molecule is Cc1ccn2cc(-c3cccc(NC(=O)COc4ccc(Cl)cc4Cl)c3)nc2c1. The molecule has 29 heavy (non-hydrogen) atoms. The molecular weight excluding hydrogens is 409 g/mol. The normalized spacial score (nSPS) is 10.9. The molecule has 4 rings (SSSR count). The van der Waals surface area contributed by atoms with Crippen LogP contribution in [0.1, 0.15) is 5.56 Å². The number of pyridine rings is 1. The van der Waals surface area contributed by atoms with Gasteiger partial charge in [-0.05, 0) is 55.0 Å². The lowest BCUT2D eigenvalue weighted by atomic mass is 10.1. The number of nitrogens with one attached hydrogen (secondary N) is 1. The summed E-state index contributed by atoms with van der Waals surface area (Å²) in [5, 5.41) is 3.69. The van der Waals surface area contributed by atoms with Crippen LogP contribution in [0, 0.1) is 6.92 Å². The third-order valence-electron chi connectivity index (χ3n) is 4.31. The zero-order chi connectivity index (χ0) is 20.4. The molecule has 0 unspecified atom stereocenters. The first-order valence-corrected chi connectivity index (χ1v) is 9.67. The topological polar surface area (TPSA) is 55.6 Å². The zero-order valence-electron chi connectivity index (χ0n) is 15.5. The highest BCUT2D eigenvalue weighted by atomic mass is 35.5.